The van der Waals surface area contributed by atoms with Crippen molar-refractivity contribution in [3.8, 4) is 0 Å². The Morgan fingerprint density at radius 3 is 1.53 bits per heavy atom. The molecule has 0 amide bonds. The van der Waals surface area contributed by atoms with E-state index in [2.05, 4.69) is 0 Å². The van der Waals surface area contributed by atoms with Crippen molar-refractivity contribution >= 4 is 5.97 Å². The van der Waals surface area contributed by atoms with Gasteiger partial charge in [0.1, 0.15) is 24.4 Å². The Morgan fingerprint density at radius 1 is 0.694 bits per heavy atom. The average molecular weight is 493 g/mol. The SMILES string of the molecule is COC(=O)C1O[C@@H](CO)C(OCc2ccccc2)[C@H](OCc2ccccc2)[C@@H]1OCc1ccccc1. The zero-order valence-electron chi connectivity index (χ0n) is 20.3. The van der Waals surface area contributed by atoms with Crippen molar-refractivity contribution < 1.29 is 33.6 Å². The largest absolute Gasteiger partial charge is 0.467 e. The van der Waals surface area contributed by atoms with Gasteiger partial charge in [0.15, 0.2) is 6.10 Å². The first-order chi connectivity index (χ1) is 17.7. The van der Waals surface area contributed by atoms with Gasteiger partial charge in [-0.05, 0) is 16.7 Å². The van der Waals surface area contributed by atoms with Gasteiger partial charge in [-0.2, -0.15) is 0 Å². The highest BCUT2D eigenvalue weighted by molar-refractivity contribution is 5.75. The zero-order valence-corrected chi connectivity index (χ0v) is 20.3. The van der Waals surface area contributed by atoms with Gasteiger partial charge >= 0.3 is 5.97 Å². The number of carbonyl (C=O) groups excluding carboxylic acids is 1. The standard InChI is InChI=1S/C29H32O7/c1-32-29(31)28-27(35-20-23-15-9-4-10-16-23)26(34-19-22-13-7-3-8-14-22)25(24(17-30)36-28)33-18-21-11-5-2-6-12-21/h2-16,24-28,30H,17-20H2,1H3/t24-,25?,26-,27-,28?/m0/s1. The molecule has 3 aromatic carbocycles. The number of esters is 1. The van der Waals surface area contributed by atoms with Crippen molar-refractivity contribution in [3.63, 3.8) is 0 Å². The van der Waals surface area contributed by atoms with Gasteiger partial charge in [-0.3, -0.25) is 0 Å². The van der Waals surface area contributed by atoms with Crippen LogP contribution in [0.4, 0.5) is 0 Å². The molecule has 1 heterocycles. The maximum Gasteiger partial charge on any atom is 0.337 e. The highest BCUT2D eigenvalue weighted by Crippen LogP contribution is 2.31. The molecule has 0 bridgehead atoms. The smallest absolute Gasteiger partial charge is 0.337 e. The Bertz CT molecular complexity index is 1040. The number of hydrogen-bond donors (Lipinski definition) is 1. The van der Waals surface area contributed by atoms with E-state index in [-0.39, 0.29) is 26.4 Å². The van der Waals surface area contributed by atoms with Crippen LogP contribution in [0.5, 0.6) is 0 Å². The molecule has 0 aliphatic carbocycles. The molecule has 2 unspecified atom stereocenters. The van der Waals surface area contributed by atoms with Crippen molar-refractivity contribution in [3.05, 3.63) is 108 Å². The Labute approximate surface area is 211 Å². The van der Waals surface area contributed by atoms with Gasteiger partial charge in [0.2, 0.25) is 0 Å². The molecule has 36 heavy (non-hydrogen) atoms. The van der Waals surface area contributed by atoms with Crippen LogP contribution in [0.3, 0.4) is 0 Å². The summed E-state index contributed by atoms with van der Waals surface area (Å²) in [4.78, 5) is 12.8. The van der Waals surface area contributed by atoms with Crippen LogP contribution in [0.1, 0.15) is 16.7 Å². The predicted molar refractivity (Wildman–Crippen MR) is 133 cm³/mol. The molecule has 1 aliphatic heterocycles. The molecule has 0 radical (unpaired) electrons. The molecule has 7 heteroatoms. The second kappa shape index (κ2) is 13.3. The molecule has 0 spiro atoms. The number of rotatable bonds is 11. The third-order valence-electron chi connectivity index (χ3n) is 6.10. The summed E-state index contributed by atoms with van der Waals surface area (Å²) in [6.45, 7) is 0.436. The Balaban J connectivity index is 1.61. The Kier molecular flexibility index (Phi) is 9.61. The maximum absolute atomic E-state index is 12.8. The van der Waals surface area contributed by atoms with Crippen molar-refractivity contribution in [2.24, 2.45) is 0 Å². The number of ether oxygens (including phenoxy) is 5. The van der Waals surface area contributed by atoms with Crippen LogP contribution < -0.4 is 0 Å². The summed E-state index contributed by atoms with van der Waals surface area (Å²) in [5.74, 6) is -0.596. The lowest BCUT2D eigenvalue weighted by molar-refractivity contribution is -0.269. The van der Waals surface area contributed by atoms with E-state index in [1.54, 1.807) is 0 Å². The van der Waals surface area contributed by atoms with E-state index in [4.69, 9.17) is 23.7 Å². The van der Waals surface area contributed by atoms with E-state index < -0.39 is 36.5 Å². The molecule has 1 N–H and O–H groups in total. The predicted octanol–water partition coefficient (Wildman–Crippen LogP) is 3.68. The summed E-state index contributed by atoms with van der Waals surface area (Å²) in [6.07, 6.45) is -4.14. The minimum atomic E-state index is -1.09. The van der Waals surface area contributed by atoms with E-state index in [9.17, 15) is 9.90 Å². The molecule has 7 nitrogen and oxygen atoms in total. The molecule has 3 aromatic rings. The van der Waals surface area contributed by atoms with Gasteiger partial charge < -0.3 is 28.8 Å². The lowest BCUT2D eigenvalue weighted by atomic mass is 9.94. The number of carbonyl (C=O) groups is 1. The van der Waals surface area contributed by atoms with Crippen LogP contribution in [0.15, 0.2) is 91.0 Å². The van der Waals surface area contributed by atoms with Gasteiger partial charge in [0, 0.05) is 0 Å². The lowest BCUT2D eigenvalue weighted by Crippen LogP contribution is -2.63. The van der Waals surface area contributed by atoms with E-state index in [0.717, 1.165) is 16.7 Å². The molecule has 1 aliphatic rings. The van der Waals surface area contributed by atoms with Gasteiger partial charge in [-0.1, -0.05) is 91.0 Å². The number of hydrogen-bond acceptors (Lipinski definition) is 7. The number of aliphatic hydroxyl groups is 1. The second-order valence-corrected chi connectivity index (χ2v) is 8.58. The third-order valence-corrected chi connectivity index (χ3v) is 6.10. The molecule has 1 saturated heterocycles. The Morgan fingerprint density at radius 2 is 1.11 bits per heavy atom. The minimum absolute atomic E-state index is 0.239. The lowest BCUT2D eigenvalue weighted by Gasteiger charge is -2.44. The third kappa shape index (κ3) is 6.78. The van der Waals surface area contributed by atoms with Crippen LogP contribution >= 0.6 is 0 Å². The summed E-state index contributed by atoms with van der Waals surface area (Å²) >= 11 is 0. The minimum Gasteiger partial charge on any atom is -0.467 e. The molecule has 5 atom stereocenters. The summed E-state index contributed by atoms with van der Waals surface area (Å²) in [5.41, 5.74) is 2.87. The number of methoxy groups -OCH3 is 1. The highest BCUT2D eigenvalue weighted by Gasteiger charge is 2.51. The summed E-state index contributed by atoms with van der Waals surface area (Å²) < 4.78 is 30.0. The van der Waals surface area contributed by atoms with Gasteiger partial charge in [0.25, 0.3) is 0 Å². The van der Waals surface area contributed by atoms with Crippen LogP contribution in [-0.2, 0) is 48.3 Å². The highest BCUT2D eigenvalue weighted by atomic mass is 16.6. The summed E-state index contributed by atoms with van der Waals surface area (Å²) in [7, 11) is 1.30. The molecule has 1 fully saturated rings. The van der Waals surface area contributed by atoms with Crippen LogP contribution in [-0.4, -0.2) is 55.3 Å². The fourth-order valence-electron chi connectivity index (χ4n) is 4.24. The molecule has 4 rings (SSSR count). The van der Waals surface area contributed by atoms with E-state index in [1.807, 2.05) is 91.0 Å². The van der Waals surface area contributed by atoms with Crippen LogP contribution in [0.2, 0.25) is 0 Å². The summed E-state index contributed by atoms with van der Waals surface area (Å²) in [6, 6.07) is 29.1. The maximum atomic E-state index is 12.8. The first kappa shape index (κ1) is 26.0. The zero-order chi connectivity index (χ0) is 25.2. The number of aliphatic hydroxyl groups excluding tert-OH is 1. The quantitative estimate of drug-likeness (QED) is 0.409. The van der Waals surface area contributed by atoms with Crippen molar-refractivity contribution in [2.45, 2.75) is 50.3 Å². The van der Waals surface area contributed by atoms with Gasteiger partial charge in [-0.15, -0.1) is 0 Å². The van der Waals surface area contributed by atoms with Gasteiger partial charge in [0.05, 0.1) is 33.5 Å². The van der Waals surface area contributed by atoms with Crippen molar-refractivity contribution in [2.75, 3.05) is 13.7 Å². The van der Waals surface area contributed by atoms with E-state index in [1.165, 1.54) is 7.11 Å². The van der Waals surface area contributed by atoms with E-state index >= 15 is 0 Å². The first-order valence-electron chi connectivity index (χ1n) is 12.0. The monoisotopic (exact) mass is 492 g/mol. The number of benzene rings is 3. The van der Waals surface area contributed by atoms with Crippen LogP contribution in [0.25, 0.3) is 0 Å². The van der Waals surface area contributed by atoms with Gasteiger partial charge in [-0.25, -0.2) is 4.79 Å². The molecule has 0 aromatic heterocycles. The van der Waals surface area contributed by atoms with Crippen molar-refractivity contribution in [1.82, 2.24) is 0 Å². The molecule has 0 saturated carbocycles. The summed E-state index contributed by atoms with van der Waals surface area (Å²) in [5, 5.41) is 10.2. The topological polar surface area (TPSA) is 83.5 Å². The first-order valence-corrected chi connectivity index (χ1v) is 12.0. The normalized spacial score (nSPS) is 23.8. The van der Waals surface area contributed by atoms with E-state index in [0.29, 0.717) is 0 Å². The fraction of sp³-hybridized carbons (Fsp3) is 0.345. The second-order valence-electron chi connectivity index (χ2n) is 8.58. The Hall–Kier alpha value is -3.07. The fourth-order valence-corrected chi connectivity index (χ4v) is 4.24. The average Bonchev–Trinajstić information content (AvgIpc) is 2.94. The molecule has 190 valence electrons. The molecular formula is C29H32O7. The van der Waals surface area contributed by atoms with Crippen LogP contribution in [0, 0.1) is 0 Å². The van der Waals surface area contributed by atoms with Crippen molar-refractivity contribution in [1.29, 1.82) is 0 Å². The molecular weight excluding hydrogens is 460 g/mol.